The topological polar surface area (TPSA) is 26.3 Å². The molecule has 0 amide bonds. The Morgan fingerprint density at radius 1 is 1.00 bits per heavy atom. The highest BCUT2D eigenvalue weighted by Gasteiger charge is 2.42. The van der Waals surface area contributed by atoms with E-state index in [2.05, 4.69) is 0 Å². The van der Waals surface area contributed by atoms with E-state index in [0.29, 0.717) is 6.42 Å². The molecule has 0 heterocycles. The van der Waals surface area contributed by atoms with Crippen molar-refractivity contribution in [3.05, 3.63) is 60.7 Å². The molecule has 0 aliphatic carbocycles. The van der Waals surface area contributed by atoms with Crippen LogP contribution in [-0.4, -0.2) is 13.5 Å². The molecule has 2 nitrogen and oxygen atoms in total. The zero-order valence-corrected chi connectivity index (χ0v) is 11.7. The van der Waals surface area contributed by atoms with Gasteiger partial charge in [0.1, 0.15) is 10.6 Å². The second-order valence-corrected chi connectivity index (χ2v) is 6.68. The summed E-state index contributed by atoms with van der Waals surface area (Å²) in [5, 5.41) is 1.73. The van der Waals surface area contributed by atoms with Crippen molar-refractivity contribution in [3.63, 3.8) is 0 Å². The van der Waals surface area contributed by atoms with Gasteiger partial charge in [-0.05, 0) is 24.3 Å². The number of carbonyl (C=O) groups is 1. The third-order valence-corrected chi connectivity index (χ3v) is 5.44. The van der Waals surface area contributed by atoms with Crippen molar-refractivity contribution < 1.29 is 9.32 Å². The van der Waals surface area contributed by atoms with Crippen molar-refractivity contribution in [2.75, 3.05) is 0 Å². The summed E-state index contributed by atoms with van der Waals surface area (Å²) in [4.78, 5) is 11.7. The van der Waals surface area contributed by atoms with Gasteiger partial charge < -0.3 is 4.52 Å². The molecular formula is C15H15BO2P+. The monoisotopic (exact) mass is 269 g/mol. The maximum absolute atomic E-state index is 11.7. The fraction of sp³-hybridized carbons (Fsp3) is 0.133. The van der Waals surface area contributed by atoms with Gasteiger partial charge in [0.15, 0.2) is 0 Å². The van der Waals surface area contributed by atoms with Crippen LogP contribution < -0.4 is 10.6 Å². The van der Waals surface area contributed by atoms with Crippen LogP contribution in [0.5, 0.6) is 0 Å². The number of hydrogen-bond acceptors (Lipinski definition) is 2. The minimum absolute atomic E-state index is 0.275. The molecule has 4 heteroatoms. The minimum atomic E-state index is -2.60. The average molecular weight is 269 g/mol. The molecule has 19 heavy (non-hydrogen) atoms. The Balaban J connectivity index is 2.47. The van der Waals surface area contributed by atoms with Crippen LogP contribution in [0.3, 0.4) is 0 Å². The van der Waals surface area contributed by atoms with Crippen LogP contribution in [0, 0.1) is 0 Å². The highest BCUT2D eigenvalue weighted by atomic mass is 31.2. The zero-order chi connectivity index (χ0) is 13.7. The Bertz CT molecular complexity index is 503. The SMILES string of the molecule is [B][P+](OC(=O)CC)(c1ccccc1)c1ccccc1. The normalized spacial score (nSPS) is 11.0. The van der Waals surface area contributed by atoms with E-state index in [-0.39, 0.29) is 5.97 Å². The molecule has 0 aromatic heterocycles. The van der Waals surface area contributed by atoms with E-state index in [1.165, 1.54) is 0 Å². The van der Waals surface area contributed by atoms with Gasteiger partial charge in [-0.25, -0.2) is 4.79 Å². The highest BCUT2D eigenvalue weighted by Crippen LogP contribution is 2.52. The molecule has 0 saturated heterocycles. The van der Waals surface area contributed by atoms with Gasteiger partial charge in [-0.15, -0.1) is 0 Å². The smallest absolute Gasteiger partial charge is 0.321 e. The average Bonchev–Trinajstić information content (AvgIpc) is 2.48. The molecule has 2 radical (unpaired) electrons. The molecule has 2 rings (SSSR count). The summed E-state index contributed by atoms with van der Waals surface area (Å²) in [7, 11) is 3.89. The standard InChI is InChI=1S/C15H15BO2P/c1-2-15(17)18-19(16,13-9-5-3-6-10-13)14-11-7-4-8-12-14/h3-12H,2H2,1H3/q+1. The molecule has 2 aromatic carbocycles. The predicted octanol–water partition coefficient (Wildman–Crippen LogP) is 2.61. The molecule has 2 aromatic rings. The third kappa shape index (κ3) is 3.05. The van der Waals surface area contributed by atoms with Gasteiger partial charge in [0.2, 0.25) is 7.37 Å². The number of carbonyl (C=O) groups excluding carboxylic acids is 1. The molecule has 0 atom stereocenters. The second kappa shape index (κ2) is 6.03. The molecule has 0 N–H and O–H groups in total. The summed E-state index contributed by atoms with van der Waals surface area (Å²) < 4.78 is 5.61. The van der Waals surface area contributed by atoms with E-state index in [4.69, 9.17) is 12.1 Å². The van der Waals surface area contributed by atoms with Crippen LogP contribution in [0.4, 0.5) is 0 Å². The first-order valence-corrected chi connectivity index (χ1v) is 7.95. The van der Waals surface area contributed by atoms with Crippen molar-refractivity contribution in [3.8, 4) is 0 Å². The lowest BCUT2D eigenvalue weighted by molar-refractivity contribution is -0.133. The van der Waals surface area contributed by atoms with Crippen molar-refractivity contribution in [2.24, 2.45) is 0 Å². The third-order valence-electron chi connectivity index (χ3n) is 2.81. The zero-order valence-electron chi connectivity index (χ0n) is 10.8. The Morgan fingerprint density at radius 3 is 1.79 bits per heavy atom. The summed E-state index contributed by atoms with van der Waals surface area (Å²) in [5.74, 6) is -0.275. The molecule has 0 spiro atoms. The van der Waals surface area contributed by atoms with E-state index in [0.717, 1.165) is 10.6 Å². The van der Waals surface area contributed by atoms with Crippen LogP contribution in [0.1, 0.15) is 13.3 Å². The molecule has 0 unspecified atom stereocenters. The Morgan fingerprint density at radius 2 is 1.42 bits per heavy atom. The molecule has 0 aliphatic heterocycles. The highest BCUT2D eigenvalue weighted by molar-refractivity contribution is 8.05. The molecule has 0 bridgehead atoms. The van der Waals surface area contributed by atoms with E-state index in [1.54, 1.807) is 6.92 Å². The fourth-order valence-electron chi connectivity index (χ4n) is 1.78. The largest absolute Gasteiger partial charge is 0.428 e. The molecule has 0 saturated carbocycles. The summed E-state index contributed by atoms with van der Waals surface area (Å²) in [6, 6.07) is 19.1. The van der Waals surface area contributed by atoms with Crippen molar-refractivity contribution in [1.29, 1.82) is 0 Å². The molecular weight excluding hydrogens is 254 g/mol. The first kappa shape index (κ1) is 13.8. The molecule has 0 aliphatic rings. The number of rotatable bonds is 4. The summed E-state index contributed by atoms with van der Waals surface area (Å²) >= 11 is 0. The van der Waals surface area contributed by atoms with Gasteiger partial charge in [0.25, 0.3) is 0 Å². The van der Waals surface area contributed by atoms with Crippen LogP contribution in [0.15, 0.2) is 60.7 Å². The van der Waals surface area contributed by atoms with E-state index in [1.807, 2.05) is 60.7 Å². The first-order chi connectivity index (χ1) is 9.16. The lowest BCUT2D eigenvalue weighted by Gasteiger charge is -2.21. The van der Waals surface area contributed by atoms with Gasteiger partial charge in [-0.1, -0.05) is 43.3 Å². The molecule has 0 fully saturated rings. The van der Waals surface area contributed by atoms with Crippen molar-refractivity contribution in [1.82, 2.24) is 0 Å². The second-order valence-electron chi connectivity index (χ2n) is 4.15. The van der Waals surface area contributed by atoms with Gasteiger partial charge in [-0.3, -0.25) is 0 Å². The van der Waals surface area contributed by atoms with E-state index in [9.17, 15) is 4.79 Å². The maximum atomic E-state index is 11.7. The predicted molar refractivity (Wildman–Crippen MR) is 81.2 cm³/mol. The van der Waals surface area contributed by atoms with Crippen LogP contribution in [0.25, 0.3) is 0 Å². The van der Waals surface area contributed by atoms with Gasteiger partial charge in [0, 0.05) is 6.42 Å². The van der Waals surface area contributed by atoms with Gasteiger partial charge in [0.05, 0.1) is 0 Å². The Kier molecular flexibility index (Phi) is 4.39. The van der Waals surface area contributed by atoms with Gasteiger partial charge >= 0.3 is 13.5 Å². The lowest BCUT2D eigenvalue weighted by atomic mass is 10.4. The van der Waals surface area contributed by atoms with Crippen molar-refractivity contribution >= 4 is 31.5 Å². The lowest BCUT2D eigenvalue weighted by Crippen LogP contribution is -2.26. The minimum Gasteiger partial charge on any atom is -0.321 e. The fourth-order valence-corrected chi connectivity index (χ4v) is 3.97. The summed E-state index contributed by atoms with van der Waals surface area (Å²) in [6.45, 7) is 1.77. The maximum Gasteiger partial charge on any atom is 0.428 e. The molecule has 94 valence electrons. The first-order valence-electron chi connectivity index (χ1n) is 6.18. The van der Waals surface area contributed by atoms with Crippen LogP contribution in [0.2, 0.25) is 0 Å². The van der Waals surface area contributed by atoms with Crippen LogP contribution >= 0.6 is 7.37 Å². The Labute approximate surface area is 115 Å². The number of hydrogen-bond donors (Lipinski definition) is 0. The summed E-state index contributed by atoms with van der Waals surface area (Å²) in [5.41, 5.74) is 0. The van der Waals surface area contributed by atoms with E-state index >= 15 is 0 Å². The van der Waals surface area contributed by atoms with Gasteiger partial charge in [-0.2, -0.15) is 0 Å². The quantitative estimate of drug-likeness (QED) is 0.630. The Hall–Kier alpha value is -1.60. The van der Waals surface area contributed by atoms with Crippen LogP contribution in [-0.2, 0) is 9.32 Å². The van der Waals surface area contributed by atoms with Crippen molar-refractivity contribution in [2.45, 2.75) is 13.3 Å². The van der Waals surface area contributed by atoms with E-state index < -0.39 is 7.37 Å². The summed E-state index contributed by atoms with van der Waals surface area (Å²) in [6.07, 6.45) is 0.318. The number of benzene rings is 2.